The summed E-state index contributed by atoms with van der Waals surface area (Å²) in [4.78, 5) is 24.4. The molecule has 0 heterocycles. The predicted molar refractivity (Wildman–Crippen MR) is 65.7 cm³/mol. The minimum Gasteiger partial charge on any atom is -0.383 e. The summed E-state index contributed by atoms with van der Waals surface area (Å²) < 4.78 is 4.84. The lowest BCUT2D eigenvalue weighted by molar-refractivity contribution is -0.134. The molecular formula is C11H23N3O3. The van der Waals surface area contributed by atoms with Gasteiger partial charge in [0.25, 0.3) is 0 Å². The van der Waals surface area contributed by atoms with E-state index in [0.717, 1.165) is 0 Å². The first-order valence-corrected chi connectivity index (χ1v) is 5.70. The molecule has 100 valence electrons. The van der Waals surface area contributed by atoms with Crippen molar-refractivity contribution in [2.45, 2.75) is 19.9 Å². The molecule has 0 atom stereocenters. The number of nitrogens with zero attached hydrogens (tertiary/aromatic N) is 1. The van der Waals surface area contributed by atoms with Crippen LogP contribution in [0.4, 0.5) is 0 Å². The number of carbonyl (C=O) groups is 2. The third kappa shape index (κ3) is 8.65. The maximum absolute atomic E-state index is 11.6. The van der Waals surface area contributed by atoms with E-state index in [1.54, 1.807) is 14.2 Å². The van der Waals surface area contributed by atoms with E-state index >= 15 is 0 Å². The van der Waals surface area contributed by atoms with Gasteiger partial charge in [-0.25, -0.2) is 0 Å². The Kier molecular flexibility index (Phi) is 8.35. The van der Waals surface area contributed by atoms with Crippen LogP contribution in [0.15, 0.2) is 0 Å². The second-order valence-corrected chi connectivity index (χ2v) is 4.14. The fraction of sp³-hybridized carbons (Fsp3) is 0.818. The van der Waals surface area contributed by atoms with Crippen LogP contribution in [0.5, 0.6) is 0 Å². The summed E-state index contributed by atoms with van der Waals surface area (Å²) in [6, 6.07) is 0.0887. The first-order valence-electron chi connectivity index (χ1n) is 5.70. The number of hydrogen-bond acceptors (Lipinski definition) is 4. The molecule has 0 rings (SSSR count). The van der Waals surface area contributed by atoms with Gasteiger partial charge in [-0.3, -0.25) is 9.59 Å². The molecule has 0 unspecified atom stereocenters. The standard InChI is InChI=1S/C11H23N3O3/c1-9(2)13-10(15)8-14(3)11(16)7-12-5-6-17-4/h9,12H,5-8H2,1-4H3,(H,13,15). The lowest BCUT2D eigenvalue weighted by Crippen LogP contribution is -2.43. The number of amides is 2. The highest BCUT2D eigenvalue weighted by molar-refractivity contribution is 5.85. The number of likely N-dealkylation sites (N-methyl/N-ethyl adjacent to an activating group) is 1. The van der Waals surface area contributed by atoms with Gasteiger partial charge in [-0.2, -0.15) is 0 Å². The number of carbonyl (C=O) groups excluding carboxylic acids is 2. The summed E-state index contributed by atoms with van der Waals surface area (Å²) in [5.41, 5.74) is 0. The van der Waals surface area contributed by atoms with Gasteiger partial charge in [0.2, 0.25) is 11.8 Å². The number of ether oxygens (including phenoxy) is 1. The van der Waals surface area contributed by atoms with Crippen molar-refractivity contribution >= 4 is 11.8 Å². The second kappa shape index (κ2) is 8.95. The third-order valence-corrected chi connectivity index (χ3v) is 2.02. The highest BCUT2D eigenvalue weighted by Gasteiger charge is 2.12. The van der Waals surface area contributed by atoms with Crippen molar-refractivity contribution in [3.63, 3.8) is 0 Å². The molecule has 0 radical (unpaired) electrons. The summed E-state index contributed by atoms with van der Waals surface area (Å²) in [6.07, 6.45) is 0. The molecule has 0 spiro atoms. The Bertz CT molecular complexity index is 244. The topological polar surface area (TPSA) is 70.7 Å². The van der Waals surface area contributed by atoms with Crippen LogP contribution in [0, 0.1) is 0 Å². The van der Waals surface area contributed by atoms with E-state index in [0.29, 0.717) is 13.2 Å². The Balaban J connectivity index is 3.77. The quantitative estimate of drug-likeness (QED) is 0.550. The van der Waals surface area contributed by atoms with Crippen LogP contribution in [-0.4, -0.2) is 63.2 Å². The summed E-state index contributed by atoms with van der Waals surface area (Å²) >= 11 is 0. The largest absolute Gasteiger partial charge is 0.383 e. The van der Waals surface area contributed by atoms with Gasteiger partial charge < -0.3 is 20.3 Å². The van der Waals surface area contributed by atoms with Gasteiger partial charge in [0.15, 0.2) is 0 Å². The summed E-state index contributed by atoms with van der Waals surface area (Å²) in [5.74, 6) is -0.257. The fourth-order valence-electron chi connectivity index (χ4n) is 1.18. The molecule has 2 amide bonds. The Morgan fingerprint density at radius 2 is 2.00 bits per heavy atom. The zero-order valence-electron chi connectivity index (χ0n) is 11.1. The van der Waals surface area contributed by atoms with Crippen molar-refractivity contribution in [2.24, 2.45) is 0 Å². The van der Waals surface area contributed by atoms with Gasteiger partial charge in [-0.1, -0.05) is 0 Å². The van der Waals surface area contributed by atoms with Gasteiger partial charge in [-0.05, 0) is 13.8 Å². The smallest absolute Gasteiger partial charge is 0.239 e. The van der Waals surface area contributed by atoms with Crippen molar-refractivity contribution in [3.05, 3.63) is 0 Å². The van der Waals surface area contributed by atoms with Gasteiger partial charge in [0, 0.05) is 26.7 Å². The molecule has 6 nitrogen and oxygen atoms in total. The molecule has 0 fully saturated rings. The predicted octanol–water partition coefficient (Wildman–Crippen LogP) is -0.795. The van der Waals surface area contributed by atoms with Crippen LogP contribution < -0.4 is 10.6 Å². The highest BCUT2D eigenvalue weighted by atomic mass is 16.5. The van der Waals surface area contributed by atoms with Gasteiger partial charge in [0.05, 0.1) is 19.7 Å². The second-order valence-electron chi connectivity index (χ2n) is 4.14. The van der Waals surface area contributed by atoms with Crippen molar-refractivity contribution < 1.29 is 14.3 Å². The Morgan fingerprint density at radius 3 is 2.53 bits per heavy atom. The van der Waals surface area contributed by atoms with Gasteiger partial charge in [-0.15, -0.1) is 0 Å². The molecule has 6 heteroatoms. The zero-order chi connectivity index (χ0) is 13.3. The summed E-state index contributed by atoms with van der Waals surface area (Å²) in [5, 5.41) is 5.66. The van der Waals surface area contributed by atoms with Crippen LogP contribution in [0.1, 0.15) is 13.8 Å². The van der Waals surface area contributed by atoms with E-state index in [4.69, 9.17) is 4.74 Å². The first kappa shape index (κ1) is 15.9. The van der Waals surface area contributed by atoms with Crippen molar-refractivity contribution in [2.75, 3.05) is 40.4 Å². The van der Waals surface area contributed by atoms with E-state index in [-0.39, 0.29) is 30.9 Å². The Labute approximate surface area is 103 Å². The molecular weight excluding hydrogens is 222 g/mol. The van der Waals surface area contributed by atoms with Gasteiger partial charge >= 0.3 is 0 Å². The fourth-order valence-corrected chi connectivity index (χ4v) is 1.18. The minimum atomic E-state index is -0.146. The molecule has 0 bridgehead atoms. The molecule has 0 aliphatic heterocycles. The number of nitrogens with one attached hydrogen (secondary N) is 2. The van der Waals surface area contributed by atoms with Crippen LogP contribution in [-0.2, 0) is 14.3 Å². The SMILES string of the molecule is COCCNCC(=O)N(C)CC(=O)NC(C)C. The van der Waals surface area contributed by atoms with E-state index in [9.17, 15) is 9.59 Å². The van der Waals surface area contributed by atoms with Crippen molar-refractivity contribution in [1.29, 1.82) is 0 Å². The normalized spacial score (nSPS) is 10.4. The van der Waals surface area contributed by atoms with E-state index in [1.165, 1.54) is 4.90 Å². The van der Waals surface area contributed by atoms with E-state index in [2.05, 4.69) is 10.6 Å². The van der Waals surface area contributed by atoms with Crippen LogP contribution in [0.25, 0.3) is 0 Å². The zero-order valence-corrected chi connectivity index (χ0v) is 11.1. The van der Waals surface area contributed by atoms with Crippen molar-refractivity contribution in [3.8, 4) is 0 Å². The molecule has 0 aromatic heterocycles. The lowest BCUT2D eigenvalue weighted by Gasteiger charge is -2.18. The Morgan fingerprint density at radius 1 is 1.35 bits per heavy atom. The monoisotopic (exact) mass is 245 g/mol. The molecule has 0 aromatic rings. The molecule has 17 heavy (non-hydrogen) atoms. The maximum Gasteiger partial charge on any atom is 0.239 e. The molecule has 0 aromatic carbocycles. The minimum absolute atomic E-state index is 0.0863. The Hall–Kier alpha value is -1.14. The average molecular weight is 245 g/mol. The van der Waals surface area contributed by atoms with Crippen molar-refractivity contribution in [1.82, 2.24) is 15.5 Å². The number of hydrogen-bond donors (Lipinski definition) is 2. The average Bonchev–Trinajstić information content (AvgIpc) is 2.22. The molecule has 0 saturated carbocycles. The summed E-state index contributed by atoms with van der Waals surface area (Å²) in [6.45, 7) is 5.24. The van der Waals surface area contributed by atoms with Crippen LogP contribution in [0.3, 0.4) is 0 Å². The summed E-state index contributed by atoms with van der Waals surface area (Å²) in [7, 11) is 3.21. The maximum atomic E-state index is 11.6. The van der Waals surface area contributed by atoms with E-state index in [1.807, 2.05) is 13.8 Å². The molecule has 0 saturated heterocycles. The van der Waals surface area contributed by atoms with Gasteiger partial charge in [0.1, 0.15) is 0 Å². The molecule has 0 aliphatic carbocycles. The van der Waals surface area contributed by atoms with Crippen LogP contribution >= 0.6 is 0 Å². The first-order chi connectivity index (χ1) is 7.97. The number of methoxy groups -OCH3 is 1. The highest BCUT2D eigenvalue weighted by Crippen LogP contribution is 1.85. The lowest BCUT2D eigenvalue weighted by atomic mass is 10.3. The molecule has 2 N–H and O–H groups in total. The number of rotatable bonds is 8. The van der Waals surface area contributed by atoms with Crippen LogP contribution in [0.2, 0.25) is 0 Å². The third-order valence-electron chi connectivity index (χ3n) is 2.02. The molecule has 0 aliphatic rings. The van der Waals surface area contributed by atoms with E-state index < -0.39 is 0 Å².